The molecule has 1 fully saturated rings. The molecule has 0 radical (unpaired) electrons. The maximum atomic E-state index is 13.9. The summed E-state index contributed by atoms with van der Waals surface area (Å²) in [6.45, 7) is 3.04. The molecule has 196 valence electrons. The van der Waals surface area contributed by atoms with E-state index >= 15 is 0 Å². The molecule has 0 spiro atoms. The van der Waals surface area contributed by atoms with Gasteiger partial charge in [0.2, 0.25) is 15.9 Å². The fraction of sp³-hybridized carbons (Fsp3) is 0.367. The molecule has 3 aromatic carbocycles. The van der Waals surface area contributed by atoms with Crippen molar-refractivity contribution in [3.63, 3.8) is 0 Å². The topological polar surface area (TPSA) is 66.9 Å². The number of hydrogen-bond acceptors (Lipinski definition) is 4. The Morgan fingerprint density at radius 3 is 1.86 bits per heavy atom. The van der Waals surface area contributed by atoms with Gasteiger partial charge in [-0.05, 0) is 55.2 Å². The molecule has 3 aromatic rings. The van der Waals surface area contributed by atoms with E-state index in [0.29, 0.717) is 25.4 Å². The van der Waals surface area contributed by atoms with Crippen molar-refractivity contribution >= 4 is 15.9 Å². The Kier molecular flexibility index (Phi) is 9.36. The first-order valence-electron chi connectivity index (χ1n) is 13.1. The highest BCUT2D eigenvalue weighted by atomic mass is 32.2. The lowest BCUT2D eigenvalue weighted by Gasteiger charge is -2.34. The van der Waals surface area contributed by atoms with Gasteiger partial charge in [-0.15, -0.1) is 0 Å². The van der Waals surface area contributed by atoms with Gasteiger partial charge >= 0.3 is 0 Å². The molecule has 1 amide bonds. The third-order valence-corrected chi connectivity index (χ3v) is 8.71. The molecule has 0 heterocycles. The SMILES string of the molecule is CCOc1ccc(S(=O)(=O)N(CC(=O)N(Cc2ccccc2)Cc2ccccc2)C2CCCCC2)cc1. The van der Waals surface area contributed by atoms with Crippen LogP contribution in [0.4, 0.5) is 0 Å². The lowest BCUT2D eigenvalue weighted by atomic mass is 9.95. The molecule has 0 unspecified atom stereocenters. The van der Waals surface area contributed by atoms with E-state index < -0.39 is 10.0 Å². The fourth-order valence-corrected chi connectivity index (χ4v) is 6.50. The van der Waals surface area contributed by atoms with Gasteiger partial charge in [0, 0.05) is 19.1 Å². The molecular formula is C30H36N2O4S. The minimum absolute atomic E-state index is 0.181. The van der Waals surface area contributed by atoms with Crippen molar-refractivity contribution in [2.45, 2.75) is 63.1 Å². The number of ether oxygens (including phenoxy) is 1. The monoisotopic (exact) mass is 520 g/mol. The lowest BCUT2D eigenvalue weighted by molar-refractivity contribution is -0.133. The summed E-state index contributed by atoms with van der Waals surface area (Å²) >= 11 is 0. The summed E-state index contributed by atoms with van der Waals surface area (Å²) in [5, 5.41) is 0. The summed E-state index contributed by atoms with van der Waals surface area (Å²) in [5.41, 5.74) is 2.01. The van der Waals surface area contributed by atoms with Gasteiger partial charge in [-0.3, -0.25) is 4.79 Å². The number of sulfonamides is 1. The van der Waals surface area contributed by atoms with Crippen molar-refractivity contribution in [2.75, 3.05) is 13.2 Å². The van der Waals surface area contributed by atoms with Crippen molar-refractivity contribution in [1.82, 2.24) is 9.21 Å². The highest BCUT2D eigenvalue weighted by molar-refractivity contribution is 7.89. The van der Waals surface area contributed by atoms with Crippen molar-refractivity contribution in [1.29, 1.82) is 0 Å². The Hall–Kier alpha value is -3.16. The van der Waals surface area contributed by atoms with Crippen LogP contribution in [0.1, 0.15) is 50.2 Å². The van der Waals surface area contributed by atoms with Crippen molar-refractivity contribution < 1.29 is 17.9 Å². The zero-order valence-electron chi connectivity index (χ0n) is 21.5. The molecule has 37 heavy (non-hydrogen) atoms. The summed E-state index contributed by atoms with van der Waals surface area (Å²) in [6, 6.07) is 25.9. The normalized spacial score (nSPS) is 14.4. The fourth-order valence-electron chi connectivity index (χ4n) is 4.86. The van der Waals surface area contributed by atoms with E-state index in [9.17, 15) is 13.2 Å². The molecular weight excluding hydrogens is 484 g/mol. The lowest BCUT2D eigenvalue weighted by Crippen LogP contribution is -2.47. The number of carbonyl (C=O) groups excluding carboxylic acids is 1. The molecule has 0 saturated heterocycles. The number of hydrogen-bond donors (Lipinski definition) is 0. The third kappa shape index (κ3) is 7.21. The third-order valence-electron chi connectivity index (χ3n) is 6.80. The van der Waals surface area contributed by atoms with Gasteiger partial charge in [0.1, 0.15) is 5.75 Å². The molecule has 7 heteroatoms. The van der Waals surface area contributed by atoms with Crippen LogP contribution < -0.4 is 4.74 Å². The maximum Gasteiger partial charge on any atom is 0.243 e. The Bertz CT molecular complexity index is 1180. The van der Waals surface area contributed by atoms with Gasteiger partial charge in [0.05, 0.1) is 18.0 Å². The first kappa shape index (κ1) is 26.9. The van der Waals surface area contributed by atoms with E-state index in [1.54, 1.807) is 29.2 Å². The average molecular weight is 521 g/mol. The first-order valence-corrected chi connectivity index (χ1v) is 14.5. The Labute approximate surface area is 220 Å². The van der Waals surface area contributed by atoms with E-state index in [1.165, 1.54) is 4.31 Å². The van der Waals surface area contributed by atoms with E-state index in [2.05, 4.69) is 0 Å². The van der Waals surface area contributed by atoms with Crippen molar-refractivity contribution in [3.8, 4) is 5.75 Å². The zero-order chi connectivity index (χ0) is 26.1. The van der Waals surface area contributed by atoms with Crippen molar-refractivity contribution in [3.05, 3.63) is 96.1 Å². The second-order valence-corrected chi connectivity index (χ2v) is 11.4. The van der Waals surface area contributed by atoms with Crippen LogP contribution in [0.15, 0.2) is 89.8 Å². The van der Waals surface area contributed by atoms with Gasteiger partial charge < -0.3 is 9.64 Å². The highest BCUT2D eigenvalue weighted by Crippen LogP contribution is 2.29. The molecule has 1 aliphatic rings. The van der Waals surface area contributed by atoms with Gasteiger partial charge in [-0.2, -0.15) is 4.31 Å². The smallest absolute Gasteiger partial charge is 0.243 e. The number of carbonyl (C=O) groups is 1. The molecule has 4 rings (SSSR count). The molecule has 0 N–H and O–H groups in total. The van der Waals surface area contributed by atoms with Gasteiger partial charge in [0.25, 0.3) is 0 Å². The summed E-state index contributed by atoms with van der Waals surface area (Å²) < 4.78 is 34.7. The van der Waals surface area contributed by atoms with Gasteiger partial charge in [-0.1, -0.05) is 79.9 Å². The molecule has 0 bridgehead atoms. The molecule has 0 aliphatic heterocycles. The second-order valence-electron chi connectivity index (χ2n) is 9.47. The van der Waals surface area contributed by atoms with Crippen LogP contribution in [0.5, 0.6) is 5.75 Å². The van der Waals surface area contributed by atoms with E-state index in [-0.39, 0.29) is 23.4 Å². The molecule has 0 aromatic heterocycles. The van der Waals surface area contributed by atoms with E-state index in [0.717, 1.165) is 43.2 Å². The van der Waals surface area contributed by atoms with Crippen molar-refractivity contribution in [2.24, 2.45) is 0 Å². The van der Waals surface area contributed by atoms with Crippen LogP contribution in [0.3, 0.4) is 0 Å². The quantitative estimate of drug-likeness (QED) is 0.328. The van der Waals surface area contributed by atoms with Crippen LogP contribution in [-0.2, 0) is 27.9 Å². The summed E-state index contributed by atoms with van der Waals surface area (Å²) in [5.74, 6) is 0.423. The van der Waals surface area contributed by atoms with Crippen LogP contribution in [0.2, 0.25) is 0 Å². The average Bonchev–Trinajstić information content (AvgIpc) is 2.93. The maximum absolute atomic E-state index is 13.9. The Balaban J connectivity index is 1.62. The second kappa shape index (κ2) is 12.9. The van der Waals surface area contributed by atoms with Gasteiger partial charge in [-0.25, -0.2) is 8.42 Å². The van der Waals surface area contributed by atoms with E-state index in [1.807, 2.05) is 67.6 Å². The summed E-state index contributed by atoms with van der Waals surface area (Å²) in [4.78, 5) is 15.8. The highest BCUT2D eigenvalue weighted by Gasteiger charge is 2.35. The molecule has 1 saturated carbocycles. The summed E-state index contributed by atoms with van der Waals surface area (Å²) in [7, 11) is -3.88. The number of nitrogens with zero attached hydrogens (tertiary/aromatic N) is 2. The van der Waals surface area contributed by atoms with Crippen LogP contribution in [0.25, 0.3) is 0 Å². The van der Waals surface area contributed by atoms with Crippen LogP contribution >= 0.6 is 0 Å². The largest absolute Gasteiger partial charge is 0.494 e. The predicted molar refractivity (Wildman–Crippen MR) is 146 cm³/mol. The zero-order valence-corrected chi connectivity index (χ0v) is 22.3. The molecule has 6 nitrogen and oxygen atoms in total. The molecule has 1 aliphatic carbocycles. The van der Waals surface area contributed by atoms with E-state index in [4.69, 9.17) is 4.74 Å². The number of benzene rings is 3. The first-order chi connectivity index (χ1) is 18.0. The minimum Gasteiger partial charge on any atom is -0.494 e. The Morgan fingerprint density at radius 1 is 0.811 bits per heavy atom. The number of rotatable bonds is 11. The molecule has 0 atom stereocenters. The predicted octanol–water partition coefficient (Wildman–Crippen LogP) is 5.64. The standard InChI is InChI=1S/C30H36N2O4S/c1-2-36-28-18-20-29(21-19-28)37(34,35)32(27-16-10-5-11-17-27)24-30(33)31(22-25-12-6-3-7-13-25)23-26-14-8-4-9-15-26/h3-4,6-9,12-15,18-21,27H,2,5,10-11,16-17,22-24H2,1H3. The minimum atomic E-state index is -3.88. The van der Waals surface area contributed by atoms with Crippen LogP contribution in [0, 0.1) is 0 Å². The Morgan fingerprint density at radius 2 is 1.35 bits per heavy atom. The van der Waals surface area contributed by atoms with Gasteiger partial charge in [0.15, 0.2) is 0 Å². The van der Waals surface area contributed by atoms with Crippen LogP contribution in [-0.4, -0.2) is 42.7 Å². The number of amides is 1. The summed E-state index contributed by atoms with van der Waals surface area (Å²) in [6.07, 6.45) is 4.55.